The van der Waals surface area contributed by atoms with Crippen LogP contribution in [0, 0.1) is 0 Å². The molecule has 56 heavy (non-hydrogen) atoms. The first-order chi connectivity index (χ1) is 27.6. The molecule has 1 heterocycles. The van der Waals surface area contributed by atoms with Gasteiger partial charge in [-0.25, -0.2) is 0 Å². The molecule has 1 aromatic heterocycles. The Balaban J connectivity index is 1.19. The Morgan fingerprint density at radius 1 is 0.375 bits per heavy atom. The number of hydrogen-bond donors (Lipinski definition) is 0. The maximum atomic E-state index is 2.53. The van der Waals surface area contributed by atoms with Gasteiger partial charge in [0.1, 0.15) is 0 Å². The molecule has 262 valence electrons. The van der Waals surface area contributed by atoms with Crippen molar-refractivity contribution in [2.45, 2.75) is 19.3 Å². The molecule has 0 aliphatic heterocycles. The highest BCUT2D eigenvalue weighted by Crippen LogP contribution is 2.58. The summed E-state index contributed by atoms with van der Waals surface area (Å²) in [5, 5.41) is 13.0. The van der Waals surface area contributed by atoms with E-state index in [2.05, 4.69) is 196 Å². The fraction of sp³-hybridized carbons (Fsp3) is 0.0545. The molecule has 1 aliphatic carbocycles. The number of thiophene rings is 1. The van der Waals surface area contributed by atoms with Crippen LogP contribution in [0.25, 0.3) is 108 Å². The molecule has 11 aromatic rings. The fourth-order valence-corrected chi connectivity index (χ4v) is 11.6. The number of hydrogen-bond acceptors (Lipinski definition) is 1. The van der Waals surface area contributed by atoms with E-state index in [0.717, 1.165) is 0 Å². The van der Waals surface area contributed by atoms with Crippen LogP contribution in [-0.4, -0.2) is 0 Å². The van der Waals surface area contributed by atoms with E-state index >= 15 is 0 Å². The summed E-state index contributed by atoms with van der Waals surface area (Å²) in [7, 11) is 0. The monoisotopic (exact) mass is 728 g/mol. The van der Waals surface area contributed by atoms with Crippen molar-refractivity contribution >= 4 is 74.6 Å². The van der Waals surface area contributed by atoms with E-state index in [1.54, 1.807) is 0 Å². The Bertz CT molecular complexity index is 3380. The summed E-state index contributed by atoms with van der Waals surface area (Å²) in [5.41, 5.74) is 13.2. The standard InChI is InChI=1S/C55H36S/c1-55(2)47-27-15-14-26-44(47)52-51-45-29-28-33-16-6-7-19-35(33)54(45)56-48(51)32-46(53(52)55)38-30-31-43(37-21-9-8-20-36(37)38)50-41-24-12-10-22-39(41)49(34-17-4-3-5-18-34)40-23-11-13-25-42(40)50/h3-32H,1-2H3. The van der Waals surface area contributed by atoms with Gasteiger partial charge >= 0.3 is 0 Å². The van der Waals surface area contributed by atoms with Gasteiger partial charge in [0.05, 0.1) is 0 Å². The van der Waals surface area contributed by atoms with Crippen molar-refractivity contribution in [2.75, 3.05) is 0 Å². The van der Waals surface area contributed by atoms with Crippen LogP contribution in [0.1, 0.15) is 25.0 Å². The van der Waals surface area contributed by atoms with Gasteiger partial charge in [0.25, 0.3) is 0 Å². The lowest BCUT2D eigenvalue weighted by Gasteiger charge is -2.26. The molecule has 0 spiro atoms. The molecule has 0 N–H and O–H groups in total. The predicted molar refractivity (Wildman–Crippen MR) is 243 cm³/mol. The summed E-state index contributed by atoms with van der Waals surface area (Å²) in [6.45, 7) is 4.86. The average molecular weight is 729 g/mol. The van der Waals surface area contributed by atoms with Gasteiger partial charge in [-0.15, -0.1) is 11.3 Å². The van der Waals surface area contributed by atoms with Crippen molar-refractivity contribution < 1.29 is 0 Å². The Hall–Kier alpha value is -6.54. The minimum absolute atomic E-state index is 0.181. The van der Waals surface area contributed by atoms with Gasteiger partial charge in [0.2, 0.25) is 0 Å². The van der Waals surface area contributed by atoms with Gasteiger partial charge < -0.3 is 0 Å². The zero-order chi connectivity index (χ0) is 37.1. The summed E-state index contributed by atoms with van der Waals surface area (Å²) in [6, 6.07) is 68.0. The molecule has 0 radical (unpaired) electrons. The van der Waals surface area contributed by atoms with Gasteiger partial charge in [-0.05, 0) is 105 Å². The maximum absolute atomic E-state index is 2.53. The molecule has 0 saturated carbocycles. The molecule has 1 aliphatic rings. The Morgan fingerprint density at radius 2 is 0.929 bits per heavy atom. The van der Waals surface area contributed by atoms with Gasteiger partial charge in [-0.1, -0.05) is 190 Å². The molecule has 0 fully saturated rings. The SMILES string of the molecule is CC1(C)c2ccccc2-c2c1c(-c1ccc(-c3c4ccccc4c(-c4ccccc4)c4ccccc34)c3ccccc13)cc1sc3c4ccccc4ccc3c21. The first-order valence-corrected chi connectivity index (χ1v) is 20.4. The highest BCUT2D eigenvalue weighted by Gasteiger charge is 2.40. The molecule has 1 heteroatoms. The topological polar surface area (TPSA) is 0 Å². The fourth-order valence-electron chi connectivity index (χ4n) is 10.3. The first kappa shape index (κ1) is 31.8. The third-order valence-corrected chi connectivity index (χ3v) is 13.8. The summed E-state index contributed by atoms with van der Waals surface area (Å²) in [4.78, 5) is 0. The summed E-state index contributed by atoms with van der Waals surface area (Å²) < 4.78 is 2.72. The van der Waals surface area contributed by atoms with Crippen molar-refractivity contribution in [3.8, 4) is 44.5 Å². The Kier molecular flexibility index (Phi) is 6.66. The highest BCUT2D eigenvalue weighted by molar-refractivity contribution is 7.26. The average Bonchev–Trinajstić information content (AvgIpc) is 3.74. The Morgan fingerprint density at radius 3 is 1.64 bits per heavy atom. The van der Waals surface area contributed by atoms with E-state index in [4.69, 9.17) is 0 Å². The van der Waals surface area contributed by atoms with Crippen LogP contribution in [0.4, 0.5) is 0 Å². The normalized spacial score (nSPS) is 13.3. The lowest BCUT2D eigenvalue weighted by atomic mass is 9.77. The highest BCUT2D eigenvalue weighted by atomic mass is 32.1. The molecule has 12 rings (SSSR count). The zero-order valence-electron chi connectivity index (χ0n) is 31.2. The van der Waals surface area contributed by atoms with E-state index in [1.165, 1.54) is 119 Å². The van der Waals surface area contributed by atoms with Crippen LogP contribution in [0.5, 0.6) is 0 Å². The van der Waals surface area contributed by atoms with E-state index in [-0.39, 0.29) is 5.41 Å². The lowest BCUT2D eigenvalue weighted by Crippen LogP contribution is -2.16. The second-order valence-corrected chi connectivity index (χ2v) is 16.9. The van der Waals surface area contributed by atoms with E-state index < -0.39 is 0 Å². The van der Waals surface area contributed by atoms with Crippen molar-refractivity contribution in [3.63, 3.8) is 0 Å². The maximum Gasteiger partial charge on any atom is 0.0434 e. The minimum Gasteiger partial charge on any atom is -0.134 e. The predicted octanol–water partition coefficient (Wildman–Crippen LogP) is 16.0. The van der Waals surface area contributed by atoms with Crippen molar-refractivity contribution in [2.24, 2.45) is 0 Å². The molecule has 0 atom stereocenters. The Labute approximate surface area is 329 Å². The van der Waals surface area contributed by atoms with Crippen LogP contribution >= 0.6 is 11.3 Å². The third kappa shape index (κ3) is 4.29. The second-order valence-electron chi connectivity index (χ2n) is 15.9. The van der Waals surface area contributed by atoms with Crippen LogP contribution in [0.3, 0.4) is 0 Å². The molecule has 0 unspecified atom stereocenters. The van der Waals surface area contributed by atoms with Crippen LogP contribution < -0.4 is 0 Å². The second kappa shape index (κ2) is 11.7. The summed E-state index contributed by atoms with van der Waals surface area (Å²) >= 11 is 1.95. The number of rotatable bonds is 3. The summed E-state index contributed by atoms with van der Waals surface area (Å²) in [5.74, 6) is 0. The number of fused-ring (bicyclic) bond motifs is 12. The van der Waals surface area contributed by atoms with Crippen LogP contribution in [0.15, 0.2) is 182 Å². The van der Waals surface area contributed by atoms with E-state index in [9.17, 15) is 0 Å². The molecule has 0 saturated heterocycles. The summed E-state index contributed by atoms with van der Waals surface area (Å²) in [6.07, 6.45) is 0. The largest absolute Gasteiger partial charge is 0.134 e. The van der Waals surface area contributed by atoms with E-state index in [1.807, 2.05) is 11.3 Å². The molecule has 10 aromatic carbocycles. The van der Waals surface area contributed by atoms with Crippen LogP contribution in [-0.2, 0) is 5.41 Å². The number of benzene rings is 10. The molecule has 0 nitrogen and oxygen atoms in total. The van der Waals surface area contributed by atoms with Gasteiger partial charge in [-0.3, -0.25) is 0 Å². The van der Waals surface area contributed by atoms with Gasteiger partial charge in [0.15, 0.2) is 0 Å². The quantitative estimate of drug-likeness (QED) is 0.159. The van der Waals surface area contributed by atoms with Gasteiger partial charge in [-0.2, -0.15) is 0 Å². The zero-order valence-corrected chi connectivity index (χ0v) is 32.0. The molecular weight excluding hydrogens is 693 g/mol. The van der Waals surface area contributed by atoms with Gasteiger partial charge in [0, 0.05) is 25.6 Å². The first-order valence-electron chi connectivity index (χ1n) is 19.6. The smallest absolute Gasteiger partial charge is 0.0434 e. The van der Waals surface area contributed by atoms with E-state index in [0.29, 0.717) is 0 Å². The third-order valence-electron chi connectivity index (χ3n) is 12.6. The minimum atomic E-state index is -0.181. The molecule has 0 amide bonds. The van der Waals surface area contributed by atoms with Crippen LogP contribution in [0.2, 0.25) is 0 Å². The van der Waals surface area contributed by atoms with Crippen molar-refractivity contribution in [1.82, 2.24) is 0 Å². The molecular formula is C55H36S. The van der Waals surface area contributed by atoms with Crippen molar-refractivity contribution in [3.05, 3.63) is 193 Å². The lowest BCUT2D eigenvalue weighted by molar-refractivity contribution is 0.662. The molecule has 0 bridgehead atoms. The van der Waals surface area contributed by atoms with Crippen molar-refractivity contribution in [1.29, 1.82) is 0 Å².